The molecule has 18 aromatic rings. The van der Waals surface area contributed by atoms with Crippen molar-refractivity contribution < 1.29 is 14.0 Å². The molecule has 126 heavy (non-hydrogen) atoms. The molecule has 10 heterocycles. The molecule has 0 aliphatic rings. The molecule has 10 aromatic heterocycles. The molecule has 0 saturated carbocycles. The van der Waals surface area contributed by atoms with Crippen LogP contribution in [-0.4, -0.2) is 97.4 Å². The fourth-order valence-electron chi connectivity index (χ4n) is 14.6. The average molecular weight is 1760 g/mol. The monoisotopic (exact) mass is 1760 g/mol. The van der Waals surface area contributed by atoms with E-state index in [-0.39, 0.29) is 74.9 Å². The molecule has 13 N–H and O–H groups in total. The van der Waals surface area contributed by atoms with E-state index in [9.17, 15) is 38.4 Å². The maximum absolute atomic E-state index is 14.1. The van der Waals surface area contributed by atoms with Crippen LogP contribution in [0.5, 0.6) is 0 Å². The number of nitriles is 1. The number of pyridine rings is 4. The quantitative estimate of drug-likeness (QED) is 0.0381. The summed E-state index contributed by atoms with van der Waals surface area (Å²) < 4.78 is 20.6. The first-order valence-corrected chi connectivity index (χ1v) is 40.3. The minimum Gasteiger partial charge on any atom is -0.368 e. The van der Waals surface area contributed by atoms with Crippen molar-refractivity contribution in [3.05, 3.63) is 350 Å². The summed E-state index contributed by atoms with van der Waals surface area (Å²) >= 11 is 25.4. The van der Waals surface area contributed by atoms with Crippen LogP contribution in [0.25, 0.3) is 87.9 Å². The number of primary amides is 1. The van der Waals surface area contributed by atoms with Gasteiger partial charge in [0, 0.05) is 52.6 Å². The van der Waals surface area contributed by atoms with Gasteiger partial charge in [-0.05, 0) is 146 Å². The highest BCUT2D eigenvalue weighted by Gasteiger charge is 2.28. The molecule has 0 aliphatic heterocycles. The van der Waals surface area contributed by atoms with Crippen LogP contribution >= 0.6 is 46.4 Å². The molecule has 0 fully saturated rings. The molecule has 0 radical (unpaired) electrons. The lowest BCUT2D eigenvalue weighted by molar-refractivity contribution is 0.0958. The predicted octanol–water partition coefficient (Wildman–Crippen LogP) is 15.8. The maximum Gasteiger partial charge on any atom is 0.269 e. The third-order valence-electron chi connectivity index (χ3n) is 20.4. The number of rotatable bonds is 18. The summed E-state index contributed by atoms with van der Waals surface area (Å²) in [6.45, 7) is 7.49. The summed E-state index contributed by atoms with van der Waals surface area (Å²) in [4.78, 5) is 111. The van der Waals surface area contributed by atoms with Crippen molar-refractivity contribution in [2.45, 2.75) is 51.9 Å². The van der Waals surface area contributed by atoms with Crippen LogP contribution in [-0.2, 0) is 0 Å². The molecule has 0 unspecified atom stereocenters. The predicted molar refractivity (Wildman–Crippen MR) is 489 cm³/mol. The van der Waals surface area contributed by atoms with Crippen LogP contribution < -0.4 is 66.0 Å². The van der Waals surface area contributed by atoms with Gasteiger partial charge in [0.2, 0.25) is 11.9 Å². The van der Waals surface area contributed by atoms with Gasteiger partial charge in [-0.3, -0.25) is 57.2 Å². The first-order valence-electron chi connectivity index (χ1n) is 38.7. The molecule has 0 spiro atoms. The minimum absolute atomic E-state index is 0.0387. The van der Waals surface area contributed by atoms with E-state index in [4.69, 9.17) is 63.6 Å². The highest BCUT2D eigenvalue weighted by molar-refractivity contribution is 6.37. The molecule has 18 rings (SSSR count). The van der Waals surface area contributed by atoms with Gasteiger partial charge in [-0.1, -0.05) is 168 Å². The second-order valence-electron chi connectivity index (χ2n) is 28.5. The maximum atomic E-state index is 14.1. The Balaban J connectivity index is 0.000000130. The molecule has 0 aliphatic carbocycles. The lowest BCUT2D eigenvalue weighted by Crippen LogP contribution is -2.26. The number of aromatic nitrogens is 16. The minimum atomic E-state index is -0.676. The molecule has 0 bridgehead atoms. The number of fused-ring (bicyclic) bond motifs is 6. The Morgan fingerprint density at radius 2 is 0.722 bits per heavy atom. The van der Waals surface area contributed by atoms with Crippen molar-refractivity contribution in [1.82, 2.24) is 83.9 Å². The smallest absolute Gasteiger partial charge is 0.269 e. The van der Waals surface area contributed by atoms with E-state index in [0.29, 0.717) is 132 Å². The van der Waals surface area contributed by atoms with Crippen LogP contribution in [0.15, 0.2) is 263 Å². The van der Waals surface area contributed by atoms with Gasteiger partial charge in [0.05, 0.1) is 89.0 Å². The molecule has 31 nitrogen and oxygen atoms in total. The van der Waals surface area contributed by atoms with Gasteiger partial charge in [-0.15, -0.1) is 0 Å². The molecule has 4 atom stereocenters. The van der Waals surface area contributed by atoms with Gasteiger partial charge in [-0.2, -0.15) is 25.4 Å². The topological polar surface area (TPSA) is 445 Å². The number of carbonyl (C=O) groups excluding carboxylic acids is 2. The number of nitrogens with two attached hydrogens (primary N) is 3. The van der Waals surface area contributed by atoms with Crippen LogP contribution in [0.4, 0.5) is 39.6 Å². The second-order valence-corrected chi connectivity index (χ2v) is 30.1. The molecule has 36 heteroatoms. The lowest BCUT2D eigenvalue weighted by atomic mass is 10.1. The molecular weight excluding hydrogens is 1690 g/mol. The van der Waals surface area contributed by atoms with E-state index in [1.165, 1.54) is 25.9 Å². The number of benzene rings is 8. The number of hydrogen-bond donors (Lipinski definition) is 10. The summed E-state index contributed by atoms with van der Waals surface area (Å²) in [5.41, 5.74) is 22.5. The number of aromatic amines is 2. The summed E-state index contributed by atoms with van der Waals surface area (Å²) in [7, 11) is 1.54. The largest absolute Gasteiger partial charge is 0.368 e. The highest BCUT2D eigenvalue weighted by atomic mass is 35.5. The van der Waals surface area contributed by atoms with Crippen molar-refractivity contribution in [3.8, 4) is 28.8 Å². The molecule has 2 amide bonds. The van der Waals surface area contributed by atoms with Gasteiger partial charge >= 0.3 is 0 Å². The Labute approximate surface area is 733 Å². The Morgan fingerprint density at radius 3 is 1.06 bits per heavy atom. The number of carbonyl (C=O) groups is 2. The number of nitrogens with zero attached hydrogens (tertiary/aromatic N) is 15. The van der Waals surface area contributed by atoms with Crippen LogP contribution in [0.3, 0.4) is 0 Å². The number of para-hydroxylation sites is 4. The van der Waals surface area contributed by atoms with E-state index in [2.05, 4.69) is 86.9 Å². The fourth-order valence-corrected chi connectivity index (χ4v) is 15.6. The number of anilines is 6. The molecular formula is C90H72Cl4FN25O6. The Morgan fingerprint density at radius 1 is 0.413 bits per heavy atom. The van der Waals surface area contributed by atoms with E-state index in [0.717, 1.165) is 22.4 Å². The average Bonchev–Trinajstić information content (AvgIpc) is 1.00. The van der Waals surface area contributed by atoms with Crippen LogP contribution in [0, 0.1) is 17.1 Å². The van der Waals surface area contributed by atoms with Crippen molar-refractivity contribution in [3.63, 3.8) is 0 Å². The third kappa shape index (κ3) is 17.3. The van der Waals surface area contributed by atoms with Gasteiger partial charge in [0.15, 0.2) is 22.9 Å². The van der Waals surface area contributed by atoms with Crippen molar-refractivity contribution in [2.75, 3.05) is 39.8 Å². The van der Waals surface area contributed by atoms with Gasteiger partial charge < -0.3 is 43.8 Å². The number of nitrogen functional groups attached to an aromatic ring is 2. The first kappa shape index (κ1) is 85.2. The second kappa shape index (κ2) is 36.9. The van der Waals surface area contributed by atoms with Gasteiger partial charge in [0.25, 0.3) is 34.1 Å². The number of nitrogens with one attached hydrogen (secondary N) is 7. The van der Waals surface area contributed by atoms with E-state index in [1.54, 1.807) is 60.7 Å². The number of halogens is 5. The van der Waals surface area contributed by atoms with Gasteiger partial charge in [0.1, 0.15) is 53.1 Å². The zero-order valence-corrected chi connectivity index (χ0v) is 70.2. The Kier molecular flexibility index (Phi) is 24.9. The normalized spacial score (nSPS) is 12.0. The van der Waals surface area contributed by atoms with Crippen molar-refractivity contribution in [1.29, 1.82) is 5.26 Å². The standard InChI is InChI=1S/C24H20ClN7O2.C23H18ClN7O2.C22H17ClN6O.C21H17ClFN5O/c1-13(29-21-19-20(23(33)26-2)30-31-22(19)28-12-27-21)17-11-14-7-6-10-16(25)18(14)24(34)32(17)15-8-4-3-5-9-15;1-12(28-21-18-19(20(25)32)29-30-22(18)27-11-26-21)16-10-13-6-5-9-15(24)17(13)23(33)31(16)14-7-3-2-4-8-14;1-13(27-20-15(11-24)12-26-22(25)28-20)18-10-14-6-5-9-17(23)19(14)21(30)29(18)16-7-3-2-4-8-16;1-12(26-19-16(23)11-25-21(24)27-19)17-10-13-6-5-9-15(22)18(13)20(29)28(17)14-7-3-2-4-8-14/h3-13H,1-2H3,(H,26,33)(H2,27,28,29,30,31);2-12H,1H3,(H2,25,32)(H2,26,27,28,29,30);2-10,12-13H,1H3,(H3,25,26,27,28);2-12H,1H3,(H3,24,25,26,27)/t13-;12-;13-;12-/m0000/s1. The number of amides is 2. The zero-order valence-electron chi connectivity index (χ0n) is 67.2. The highest BCUT2D eigenvalue weighted by Crippen LogP contribution is 2.35. The summed E-state index contributed by atoms with van der Waals surface area (Å²) in [6.07, 6.45) is 5.08. The van der Waals surface area contributed by atoms with Gasteiger partial charge in [-0.25, -0.2) is 34.3 Å². The van der Waals surface area contributed by atoms with E-state index < -0.39 is 23.8 Å². The fraction of sp³-hybridized carbons (Fsp3) is 0.100. The first-order chi connectivity index (χ1) is 60.9. The number of H-pyrrole nitrogens is 2. The molecule has 628 valence electrons. The van der Waals surface area contributed by atoms with Crippen LogP contribution in [0.2, 0.25) is 20.1 Å². The van der Waals surface area contributed by atoms with Crippen molar-refractivity contribution in [2.24, 2.45) is 5.73 Å². The zero-order chi connectivity index (χ0) is 88.7. The Bertz CT molecular complexity index is 7550. The number of hydrogen-bond acceptors (Lipinski definition) is 23. The van der Waals surface area contributed by atoms with E-state index in [1.807, 2.05) is 210 Å². The summed E-state index contributed by atoms with van der Waals surface area (Å²) in [6, 6.07) is 66.5. The van der Waals surface area contributed by atoms with E-state index >= 15 is 0 Å². The van der Waals surface area contributed by atoms with Crippen molar-refractivity contribution >= 4 is 159 Å². The molecule has 0 saturated heterocycles. The molecule has 8 aromatic carbocycles. The SMILES string of the molecule is CNC(=O)c1[nH]nc2ncnc(N[C@@H](C)c3cc4cccc(Cl)c4c(=O)n3-c3ccccc3)c12.C[C@H](Nc1nc(N)ncc1C#N)c1cc2cccc(Cl)c2c(=O)n1-c1ccccc1.C[C@H](Nc1nc(N)ncc1F)c1cc2cccc(Cl)c2c(=O)n1-c1ccccc1.C[C@H](Nc1ncnc2n[nH]c(C(N)=O)c12)c1cc2cccc(Cl)c2c(=O)n1-c1ccccc1. The lowest BCUT2D eigenvalue weighted by Gasteiger charge is -2.22. The third-order valence-corrected chi connectivity index (χ3v) is 21.7. The Hall–Kier alpha value is -15.8. The summed E-state index contributed by atoms with van der Waals surface area (Å²) in [5.74, 6) is -0.598. The summed E-state index contributed by atoms with van der Waals surface area (Å²) in [5, 5.41) is 45.2. The van der Waals surface area contributed by atoms with Crippen LogP contribution in [0.1, 0.15) is 101 Å².